The lowest BCUT2D eigenvalue weighted by Gasteiger charge is -2.28. The maximum Gasteiger partial charge on any atom is 0.123 e. The van der Waals surface area contributed by atoms with Crippen molar-refractivity contribution in [3.63, 3.8) is 0 Å². The molecule has 0 saturated heterocycles. The molecular formula is C15H24FNO. The summed E-state index contributed by atoms with van der Waals surface area (Å²) < 4.78 is 19.0. The molecule has 1 rings (SSSR count). The van der Waals surface area contributed by atoms with Crippen molar-refractivity contribution < 1.29 is 9.13 Å². The van der Waals surface area contributed by atoms with Crippen LogP contribution in [0.1, 0.15) is 43.9 Å². The van der Waals surface area contributed by atoms with Gasteiger partial charge in [0.2, 0.25) is 0 Å². The Balaban J connectivity index is 2.98. The minimum absolute atomic E-state index is 0.116. The second kappa shape index (κ2) is 7.49. The molecule has 1 N–H and O–H groups in total. The van der Waals surface area contributed by atoms with E-state index in [1.165, 1.54) is 6.07 Å². The van der Waals surface area contributed by atoms with Gasteiger partial charge in [-0.15, -0.1) is 0 Å². The number of hydrogen-bond donors (Lipinski definition) is 1. The smallest absolute Gasteiger partial charge is 0.123 e. The summed E-state index contributed by atoms with van der Waals surface area (Å²) in [5, 5.41) is 3.30. The van der Waals surface area contributed by atoms with E-state index in [1.54, 1.807) is 6.07 Å². The topological polar surface area (TPSA) is 21.3 Å². The van der Waals surface area contributed by atoms with Crippen LogP contribution in [0, 0.1) is 12.7 Å². The molecule has 2 atom stereocenters. The zero-order valence-electron chi connectivity index (χ0n) is 11.8. The van der Waals surface area contributed by atoms with Crippen LogP contribution in [0.25, 0.3) is 0 Å². The van der Waals surface area contributed by atoms with Crippen LogP contribution in [-0.2, 0) is 4.74 Å². The van der Waals surface area contributed by atoms with Crippen LogP contribution >= 0.6 is 0 Å². The number of benzene rings is 1. The zero-order chi connectivity index (χ0) is 13.5. The van der Waals surface area contributed by atoms with Crippen molar-refractivity contribution in [3.05, 3.63) is 35.1 Å². The molecule has 1 aromatic carbocycles. The van der Waals surface area contributed by atoms with Gasteiger partial charge >= 0.3 is 0 Å². The monoisotopic (exact) mass is 253 g/mol. The van der Waals surface area contributed by atoms with E-state index in [4.69, 9.17) is 4.74 Å². The Labute approximate surface area is 110 Å². The third kappa shape index (κ3) is 3.79. The van der Waals surface area contributed by atoms with Crippen molar-refractivity contribution in [1.29, 1.82) is 0 Å². The van der Waals surface area contributed by atoms with E-state index in [9.17, 15) is 4.39 Å². The highest BCUT2D eigenvalue weighted by Gasteiger charge is 2.22. The first-order valence-electron chi connectivity index (χ1n) is 6.68. The van der Waals surface area contributed by atoms with E-state index in [1.807, 2.05) is 27.0 Å². The van der Waals surface area contributed by atoms with Crippen LogP contribution in [0.3, 0.4) is 0 Å². The molecule has 18 heavy (non-hydrogen) atoms. The van der Waals surface area contributed by atoms with Crippen molar-refractivity contribution in [2.75, 3.05) is 13.7 Å². The van der Waals surface area contributed by atoms with Crippen molar-refractivity contribution in [1.82, 2.24) is 5.32 Å². The van der Waals surface area contributed by atoms with Crippen molar-refractivity contribution in [2.24, 2.45) is 0 Å². The Kier molecular flexibility index (Phi) is 6.30. The minimum Gasteiger partial charge on any atom is -0.377 e. The zero-order valence-corrected chi connectivity index (χ0v) is 11.8. The third-order valence-corrected chi connectivity index (χ3v) is 3.20. The molecule has 0 spiro atoms. The summed E-state index contributed by atoms with van der Waals surface area (Å²) >= 11 is 0. The summed E-state index contributed by atoms with van der Waals surface area (Å²) in [6.07, 6.45) is 2.20. The standard InChI is InChI=1S/C15H24FNO/c1-5-7-14(18-6-2)15(17-4)13-9-8-12(16)10-11(13)3/h8-10,14-15,17H,5-7H2,1-4H3. The highest BCUT2D eigenvalue weighted by Crippen LogP contribution is 2.25. The average molecular weight is 253 g/mol. The van der Waals surface area contributed by atoms with Gasteiger partial charge in [-0.1, -0.05) is 19.4 Å². The molecule has 1 aromatic rings. The van der Waals surface area contributed by atoms with Gasteiger partial charge < -0.3 is 10.1 Å². The van der Waals surface area contributed by atoms with E-state index < -0.39 is 0 Å². The Morgan fingerprint density at radius 2 is 2.06 bits per heavy atom. The quantitative estimate of drug-likeness (QED) is 0.801. The number of hydrogen-bond acceptors (Lipinski definition) is 2. The van der Waals surface area contributed by atoms with Crippen LogP contribution < -0.4 is 5.32 Å². The molecule has 2 unspecified atom stereocenters. The van der Waals surface area contributed by atoms with Gasteiger partial charge in [0.1, 0.15) is 5.82 Å². The van der Waals surface area contributed by atoms with Gasteiger partial charge in [-0.25, -0.2) is 4.39 Å². The van der Waals surface area contributed by atoms with E-state index in [-0.39, 0.29) is 18.0 Å². The van der Waals surface area contributed by atoms with Crippen LogP contribution in [0.2, 0.25) is 0 Å². The number of nitrogens with one attached hydrogen (secondary N) is 1. The molecule has 0 aliphatic heterocycles. The fourth-order valence-corrected chi connectivity index (χ4v) is 2.37. The third-order valence-electron chi connectivity index (χ3n) is 3.20. The molecule has 0 radical (unpaired) electrons. The largest absolute Gasteiger partial charge is 0.377 e. The van der Waals surface area contributed by atoms with Gasteiger partial charge in [-0.3, -0.25) is 0 Å². The maximum atomic E-state index is 13.2. The summed E-state index contributed by atoms with van der Waals surface area (Å²) in [5.74, 6) is -0.186. The first-order valence-corrected chi connectivity index (χ1v) is 6.68. The SMILES string of the molecule is CCCC(OCC)C(NC)c1ccc(F)cc1C. The van der Waals surface area contributed by atoms with Crippen LogP contribution in [0.4, 0.5) is 4.39 Å². The van der Waals surface area contributed by atoms with Crippen molar-refractivity contribution >= 4 is 0 Å². The summed E-state index contributed by atoms with van der Waals surface area (Å²) in [6.45, 7) is 6.80. The van der Waals surface area contributed by atoms with Gasteiger partial charge in [0, 0.05) is 6.61 Å². The summed E-state index contributed by atoms with van der Waals surface area (Å²) in [5.41, 5.74) is 2.08. The molecule has 0 aromatic heterocycles. The molecule has 102 valence electrons. The maximum absolute atomic E-state index is 13.2. The van der Waals surface area contributed by atoms with E-state index in [0.29, 0.717) is 6.61 Å². The summed E-state index contributed by atoms with van der Waals surface area (Å²) in [7, 11) is 1.93. The molecule has 2 nitrogen and oxygen atoms in total. The van der Waals surface area contributed by atoms with Gasteiger partial charge in [0.05, 0.1) is 12.1 Å². The fraction of sp³-hybridized carbons (Fsp3) is 0.600. The number of rotatable bonds is 7. The molecule has 0 bridgehead atoms. The average Bonchev–Trinajstić information content (AvgIpc) is 2.33. The van der Waals surface area contributed by atoms with Crippen LogP contribution in [-0.4, -0.2) is 19.8 Å². The van der Waals surface area contributed by atoms with Crippen LogP contribution in [0.5, 0.6) is 0 Å². The number of halogens is 1. The lowest BCUT2D eigenvalue weighted by molar-refractivity contribution is 0.0294. The molecule has 0 aliphatic rings. The fourth-order valence-electron chi connectivity index (χ4n) is 2.37. The van der Waals surface area contributed by atoms with Crippen LogP contribution in [0.15, 0.2) is 18.2 Å². The van der Waals surface area contributed by atoms with Gasteiger partial charge in [0.25, 0.3) is 0 Å². The predicted molar refractivity (Wildman–Crippen MR) is 73.3 cm³/mol. The number of ether oxygens (including phenoxy) is 1. The van der Waals surface area contributed by atoms with Gasteiger partial charge in [-0.05, 0) is 50.6 Å². The van der Waals surface area contributed by atoms with E-state index in [0.717, 1.165) is 24.0 Å². The highest BCUT2D eigenvalue weighted by atomic mass is 19.1. The Morgan fingerprint density at radius 1 is 1.33 bits per heavy atom. The Bertz CT molecular complexity index is 362. The number of aryl methyl sites for hydroxylation is 1. The first kappa shape index (κ1) is 15.1. The normalized spacial score (nSPS) is 14.5. The van der Waals surface area contributed by atoms with Gasteiger partial charge in [-0.2, -0.15) is 0 Å². The van der Waals surface area contributed by atoms with Crippen molar-refractivity contribution in [3.8, 4) is 0 Å². The molecular weight excluding hydrogens is 229 g/mol. The minimum atomic E-state index is -0.186. The molecule has 3 heteroatoms. The highest BCUT2D eigenvalue weighted by molar-refractivity contribution is 5.30. The Hall–Kier alpha value is -0.930. The summed E-state index contributed by atoms with van der Waals surface area (Å²) in [4.78, 5) is 0. The molecule has 0 aliphatic carbocycles. The lowest BCUT2D eigenvalue weighted by atomic mass is 9.94. The predicted octanol–water partition coefficient (Wildman–Crippen LogP) is 3.60. The molecule has 0 heterocycles. The second-order valence-electron chi connectivity index (χ2n) is 4.55. The summed E-state index contributed by atoms with van der Waals surface area (Å²) in [6, 6.07) is 5.06. The molecule has 0 saturated carbocycles. The second-order valence-corrected chi connectivity index (χ2v) is 4.55. The Morgan fingerprint density at radius 3 is 2.56 bits per heavy atom. The first-order chi connectivity index (χ1) is 8.63. The molecule has 0 amide bonds. The molecule has 0 fully saturated rings. The van der Waals surface area contributed by atoms with Gasteiger partial charge in [0.15, 0.2) is 0 Å². The van der Waals surface area contributed by atoms with E-state index in [2.05, 4.69) is 12.2 Å². The number of likely N-dealkylation sites (N-methyl/N-ethyl adjacent to an activating group) is 1. The lowest BCUT2D eigenvalue weighted by Crippen LogP contribution is -2.32. The van der Waals surface area contributed by atoms with E-state index >= 15 is 0 Å². The van der Waals surface area contributed by atoms with Crippen molar-refractivity contribution in [2.45, 2.75) is 45.8 Å².